The number of amides is 1. The fourth-order valence-electron chi connectivity index (χ4n) is 1.92. The average Bonchev–Trinajstić information content (AvgIpc) is 2.89. The van der Waals surface area contributed by atoms with Gasteiger partial charge in [0.1, 0.15) is 0 Å². The molecule has 104 valence electrons. The van der Waals surface area contributed by atoms with Gasteiger partial charge in [0.25, 0.3) is 0 Å². The Balaban J connectivity index is 1.73. The van der Waals surface area contributed by atoms with E-state index in [4.69, 9.17) is 9.84 Å². The van der Waals surface area contributed by atoms with Crippen LogP contribution in [0.15, 0.2) is 5.38 Å². The Morgan fingerprint density at radius 1 is 1.47 bits per heavy atom. The third-order valence-electron chi connectivity index (χ3n) is 3.00. The lowest BCUT2D eigenvalue weighted by molar-refractivity contribution is -0.127. The lowest BCUT2D eigenvalue weighted by Crippen LogP contribution is -2.35. The molecule has 0 aromatic carbocycles. The van der Waals surface area contributed by atoms with E-state index in [0.29, 0.717) is 26.2 Å². The second-order valence-electron chi connectivity index (χ2n) is 4.36. The van der Waals surface area contributed by atoms with Crippen molar-refractivity contribution < 1.29 is 19.4 Å². The summed E-state index contributed by atoms with van der Waals surface area (Å²) in [6, 6.07) is 0. The number of thiazole rings is 1. The van der Waals surface area contributed by atoms with E-state index in [9.17, 15) is 9.59 Å². The smallest absolute Gasteiger partial charge is 0.355 e. The molecule has 0 atom stereocenters. The Bertz CT molecular complexity index is 454. The Morgan fingerprint density at radius 2 is 2.21 bits per heavy atom. The molecule has 1 fully saturated rings. The number of rotatable bonds is 5. The molecule has 0 saturated carbocycles. The van der Waals surface area contributed by atoms with Gasteiger partial charge in [-0.3, -0.25) is 4.79 Å². The number of carboxylic acids is 1. The summed E-state index contributed by atoms with van der Waals surface area (Å²) in [4.78, 5) is 26.5. The summed E-state index contributed by atoms with van der Waals surface area (Å²) in [7, 11) is 0. The van der Waals surface area contributed by atoms with Crippen LogP contribution >= 0.6 is 11.3 Å². The molecule has 6 nitrogen and oxygen atoms in total. The van der Waals surface area contributed by atoms with Crippen LogP contribution in [-0.4, -0.2) is 41.7 Å². The first-order valence-corrected chi connectivity index (χ1v) is 7.08. The SMILES string of the molecule is O=C(O)c1csc(CCNC(=O)C2CCOCC2)n1. The van der Waals surface area contributed by atoms with Crippen LogP contribution in [0.3, 0.4) is 0 Å². The van der Waals surface area contributed by atoms with Crippen LogP contribution in [0.5, 0.6) is 0 Å². The van der Waals surface area contributed by atoms with Gasteiger partial charge in [0, 0.05) is 37.5 Å². The molecule has 1 amide bonds. The van der Waals surface area contributed by atoms with Gasteiger partial charge in [0.05, 0.1) is 5.01 Å². The monoisotopic (exact) mass is 284 g/mol. The number of hydrogen-bond acceptors (Lipinski definition) is 5. The van der Waals surface area contributed by atoms with Gasteiger partial charge in [-0.25, -0.2) is 9.78 Å². The molecule has 2 rings (SSSR count). The number of nitrogens with zero attached hydrogens (tertiary/aromatic N) is 1. The van der Waals surface area contributed by atoms with Crippen molar-refractivity contribution >= 4 is 23.2 Å². The first-order chi connectivity index (χ1) is 9.16. The highest BCUT2D eigenvalue weighted by Crippen LogP contribution is 2.14. The van der Waals surface area contributed by atoms with E-state index in [2.05, 4.69) is 10.3 Å². The molecule has 0 spiro atoms. The fraction of sp³-hybridized carbons (Fsp3) is 0.583. The number of ether oxygens (including phenoxy) is 1. The number of aromatic nitrogens is 1. The largest absolute Gasteiger partial charge is 0.476 e. The van der Waals surface area contributed by atoms with E-state index in [0.717, 1.165) is 17.8 Å². The van der Waals surface area contributed by atoms with Gasteiger partial charge in [-0.1, -0.05) is 0 Å². The van der Waals surface area contributed by atoms with E-state index in [1.807, 2.05) is 0 Å². The second-order valence-corrected chi connectivity index (χ2v) is 5.30. The molecule has 1 aliphatic rings. The van der Waals surface area contributed by atoms with Crippen LogP contribution in [0.2, 0.25) is 0 Å². The summed E-state index contributed by atoms with van der Waals surface area (Å²) in [5, 5.41) is 13.8. The topological polar surface area (TPSA) is 88.5 Å². The standard InChI is InChI=1S/C12H16N2O4S/c15-11(8-2-5-18-6-3-8)13-4-1-10-14-9(7-19-10)12(16)17/h7-8H,1-6H2,(H,13,15)(H,16,17). The molecule has 1 saturated heterocycles. The molecule has 7 heteroatoms. The van der Waals surface area contributed by atoms with Crippen LogP contribution in [0.1, 0.15) is 28.3 Å². The molecule has 19 heavy (non-hydrogen) atoms. The summed E-state index contributed by atoms with van der Waals surface area (Å²) in [5.74, 6) is -0.924. The molecule has 0 aliphatic carbocycles. The van der Waals surface area contributed by atoms with Crippen molar-refractivity contribution in [3.63, 3.8) is 0 Å². The maximum absolute atomic E-state index is 11.8. The van der Waals surface area contributed by atoms with Gasteiger partial charge in [-0.15, -0.1) is 11.3 Å². The minimum Gasteiger partial charge on any atom is -0.476 e. The Morgan fingerprint density at radius 3 is 2.84 bits per heavy atom. The highest BCUT2D eigenvalue weighted by molar-refractivity contribution is 7.09. The zero-order chi connectivity index (χ0) is 13.7. The van der Waals surface area contributed by atoms with E-state index in [1.165, 1.54) is 16.7 Å². The van der Waals surface area contributed by atoms with E-state index in [1.54, 1.807) is 0 Å². The zero-order valence-electron chi connectivity index (χ0n) is 10.4. The Hall–Kier alpha value is -1.47. The molecular formula is C12H16N2O4S. The van der Waals surface area contributed by atoms with E-state index >= 15 is 0 Å². The van der Waals surface area contributed by atoms with Crippen molar-refractivity contribution in [3.8, 4) is 0 Å². The lowest BCUT2D eigenvalue weighted by atomic mass is 9.99. The molecule has 1 aromatic rings. The van der Waals surface area contributed by atoms with Crippen LogP contribution in [0.4, 0.5) is 0 Å². The molecular weight excluding hydrogens is 268 g/mol. The van der Waals surface area contributed by atoms with Crippen molar-refractivity contribution in [3.05, 3.63) is 16.1 Å². The number of nitrogens with one attached hydrogen (secondary N) is 1. The molecule has 1 aromatic heterocycles. The van der Waals surface area contributed by atoms with Crippen molar-refractivity contribution in [1.82, 2.24) is 10.3 Å². The number of aromatic carboxylic acids is 1. The molecule has 2 heterocycles. The van der Waals surface area contributed by atoms with Crippen molar-refractivity contribution in [1.29, 1.82) is 0 Å². The predicted octanol–water partition coefficient (Wildman–Crippen LogP) is 0.927. The highest BCUT2D eigenvalue weighted by Gasteiger charge is 2.21. The van der Waals surface area contributed by atoms with Crippen LogP contribution < -0.4 is 5.32 Å². The summed E-state index contributed by atoms with van der Waals surface area (Å²) in [5.41, 5.74) is 0.0655. The maximum Gasteiger partial charge on any atom is 0.355 e. The van der Waals surface area contributed by atoms with E-state index in [-0.39, 0.29) is 17.5 Å². The normalized spacial score (nSPS) is 16.2. The van der Waals surface area contributed by atoms with Gasteiger partial charge in [-0.05, 0) is 12.8 Å². The van der Waals surface area contributed by atoms with Gasteiger partial charge in [0.15, 0.2) is 5.69 Å². The first kappa shape index (κ1) is 14.0. The van der Waals surface area contributed by atoms with Gasteiger partial charge >= 0.3 is 5.97 Å². The average molecular weight is 284 g/mol. The molecule has 0 unspecified atom stereocenters. The third-order valence-corrected chi connectivity index (χ3v) is 3.91. The first-order valence-electron chi connectivity index (χ1n) is 6.20. The molecule has 0 bridgehead atoms. The highest BCUT2D eigenvalue weighted by atomic mass is 32.1. The van der Waals surface area contributed by atoms with Crippen molar-refractivity contribution in [2.45, 2.75) is 19.3 Å². The quantitative estimate of drug-likeness (QED) is 0.839. The summed E-state index contributed by atoms with van der Waals surface area (Å²) < 4.78 is 5.20. The fourth-order valence-corrected chi connectivity index (χ4v) is 2.69. The number of hydrogen-bond donors (Lipinski definition) is 2. The maximum atomic E-state index is 11.8. The van der Waals surface area contributed by atoms with Gasteiger partial charge in [-0.2, -0.15) is 0 Å². The summed E-state index contributed by atoms with van der Waals surface area (Å²) in [6.07, 6.45) is 2.10. The van der Waals surface area contributed by atoms with Crippen molar-refractivity contribution in [2.24, 2.45) is 5.92 Å². The minimum atomic E-state index is -1.02. The van der Waals surface area contributed by atoms with Crippen LogP contribution in [-0.2, 0) is 16.0 Å². The molecule has 0 radical (unpaired) electrons. The zero-order valence-corrected chi connectivity index (χ0v) is 11.2. The summed E-state index contributed by atoms with van der Waals surface area (Å²) in [6.45, 7) is 1.78. The van der Waals surface area contributed by atoms with Crippen LogP contribution in [0.25, 0.3) is 0 Å². The van der Waals surface area contributed by atoms with Crippen molar-refractivity contribution in [2.75, 3.05) is 19.8 Å². The Labute approximate surface area is 114 Å². The second kappa shape index (κ2) is 6.63. The number of carbonyl (C=O) groups is 2. The lowest BCUT2D eigenvalue weighted by Gasteiger charge is -2.21. The predicted molar refractivity (Wildman–Crippen MR) is 69.3 cm³/mol. The molecule has 2 N–H and O–H groups in total. The van der Waals surface area contributed by atoms with E-state index < -0.39 is 5.97 Å². The van der Waals surface area contributed by atoms with Crippen LogP contribution in [0, 0.1) is 5.92 Å². The number of carboxylic acid groups (broad SMARTS) is 1. The minimum absolute atomic E-state index is 0.0413. The Kier molecular flexibility index (Phi) is 4.86. The molecule has 1 aliphatic heterocycles. The summed E-state index contributed by atoms with van der Waals surface area (Å²) >= 11 is 1.30. The van der Waals surface area contributed by atoms with Gasteiger partial charge in [0.2, 0.25) is 5.91 Å². The third kappa shape index (κ3) is 4.00. The number of carbonyl (C=O) groups excluding carboxylic acids is 1. The van der Waals surface area contributed by atoms with Gasteiger partial charge < -0.3 is 15.2 Å².